The summed E-state index contributed by atoms with van der Waals surface area (Å²) in [6.07, 6.45) is -0.362. The van der Waals surface area contributed by atoms with Crippen molar-refractivity contribution >= 4 is 17.3 Å². The second-order valence-corrected chi connectivity index (χ2v) is 7.97. The zero-order chi connectivity index (χ0) is 20.6. The van der Waals surface area contributed by atoms with Gasteiger partial charge >= 0.3 is 6.18 Å². The lowest BCUT2D eigenvalue weighted by Crippen LogP contribution is -2.50. The van der Waals surface area contributed by atoms with Crippen molar-refractivity contribution in [3.05, 3.63) is 72.3 Å². The third kappa shape index (κ3) is 3.76. The number of para-hydroxylation sites is 1. The highest BCUT2D eigenvalue weighted by Gasteiger charge is 2.41. The standard InChI is InChI=1S/C23H23F3N2O/c1-2-21(29)27-13-11-22(12-14-27)15-17-5-3-4-6-20(17)28(16-22)19-9-7-18(8-10-19)23(24,25)26/h2-10H,1,11-16H2. The maximum Gasteiger partial charge on any atom is 0.416 e. The molecular weight excluding hydrogens is 377 g/mol. The van der Waals surface area contributed by atoms with E-state index in [2.05, 4.69) is 17.5 Å². The smallest absolute Gasteiger partial charge is 0.341 e. The van der Waals surface area contributed by atoms with Crippen LogP contribution < -0.4 is 4.90 Å². The number of fused-ring (bicyclic) bond motifs is 1. The monoisotopic (exact) mass is 400 g/mol. The molecule has 0 bridgehead atoms. The van der Waals surface area contributed by atoms with Crippen LogP contribution in [-0.2, 0) is 17.4 Å². The summed E-state index contributed by atoms with van der Waals surface area (Å²) in [4.78, 5) is 15.9. The number of carbonyl (C=O) groups is 1. The number of amides is 1. The summed E-state index contributed by atoms with van der Waals surface area (Å²) in [5.74, 6) is -0.0457. The molecule has 0 aromatic heterocycles. The number of anilines is 2. The fourth-order valence-electron chi connectivity index (χ4n) is 4.53. The van der Waals surface area contributed by atoms with Gasteiger partial charge in [-0.3, -0.25) is 4.79 Å². The van der Waals surface area contributed by atoms with Crippen LogP contribution in [0.4, 0.5) is 24.5 Å². The molecule has 2 aliphatic rings. The minimum atomic E-state index is -4.34. The molecule has 3 nitrogen and oxygen atoms in total. The molecule has 0 saturated carbocycles. The lowest BCUT2D eigenvalue weighted by atomic mass is 9.70. The summed E-state index contributed by atoms with van der Waals surface area (Å²) < 4.78 is 38.9. The Morgan fingerprint density at radius 1 is 1.03 bits per heavy atom. The third-order valence-electron chi connectivity index (χ3n) is 6.16. The number of nitrogens with zero attached hydrogens (tertiary/aromatic N) is 2. The molecule has 1 saturated heterocycles. The molecular formula is C23H23F3N2O. The summed E-state index contributed by atoms with van der Waals surface area (Å²) in [5, 5.41) is 0. The second kappa shape index (κ2) is 7.25. The minimum Gasteiger partial charge on any atom is -0.341 e. The number of hydrogen-bond acceptors (Lipinski definition) is 2. The Labute approximate surface area is 168 Å². The normalized spacial score (nSPS) is 18.4. The maximum absolute atomic E-state index is 13.0. The van der Waals surface area contributed by atoms with E-state index < -0.39 is 11.7 Å². The van der Waals surface area contributed by atoms with Gasteiger partial charge in [0.05, 0.1) is 5.56 Å². The highest BCUT2D eigenvalue weighted by atomic mass is 19.4. The summed E-state index contributed by atoms with van der Waals surface area (Å²) in [6.45, 7) is 5.64. The number of rotatable bonds is 2. The molecule has 2 aromatic rings. The lowest BCUT2D eigenvalue weighted by molar-refractivity contribution is -0.137. The van der Waals surface area contributed by atoms with Crippen LogP contribution in [-0.4, -0.2) is 30.4 Å². The Morgan fingerprint density at radius 3 is 2.31 bits per heavy atom. The predicted octanol–water partition coefficient (Wildman–Crippen LogP) is 5.19. The average molecular weight is 400 g/mol. The highest BCUT2D eigenvalue weighted by molar-refractivity contribution is 5.87. The van der Waals surface area contributed by atoms with Crippen molar-refractivity contribution in [2.24, 2.45) is 5.41 Å². The van der Waals surface area contributed by atoms with Crippen molar-refractivity contribution in [1.29, 1.82) is 0 Å². The van der Waals surface area contributed by atoms with Crippen molar-refractivity contribution in [2.75, 3.05) is 24.5 Å². The number of halogens is 3. The first-order valence-electron chi connectivity index (χ1n) is 9.75. The Bertz CT molecular complexity index is 912. The lowest BCUT2D eigenvalue weighted by Gasteiger charge is -2.48. The second-order valence-electron chi connectivity index (χ2n) is 7.97. The molecule has 0 aliphatic carbocycles. The SMILES string of the molecule is C=CC(=O)N1CCC2(CC1)Cc1ccccc1N(c1ccc(C(F)(F)F)cc1)C2. The van der Waals surface area contributed by atoms with E-state index in [1.165, 1.54) is 11.6 Å². The zero-order valence-electron chi connectivity index (χ0n) is 16.1. The van der Waals surface area contributed by atoms with Gasteiger partial charge in [-0.1, -0.05) is 24.8 Å². The Hall–Kier alpha value is -2.76. The van der Waals surface area contributed by atoms with Gasteiger partial charge in [-0.05, 0) is 66.6 Å². The molecule has 0 N–H and O–H groups in total. The molecule has 0 unspecified atom stereocenters. The minimum absolute atomic E-state index is 0.00496. The Kier molecular flexibility index (Phi) is 4.89. The van der Waals surface area contributed by atoms with Crippen LogP contribution >= 0.6 is 0 Å². The van der Waals surface area contributed by atoms with Gasteiger partial charge in [0, 0.05) is 31.0 Å². The molecule has 2 aromatic carbocycles. The summed E-state index contributed by atoms with van der Waals surface area (Å²) in [7, 11) is 0. The van der Waals surface area contributed by atoms with Crippen molar-refractivity contribution in [2.45, 2.75) is 25.4 Å². The molecule has 29 heavy (non-hydrogen) atoms. The molecule has 152 valence electrons. The van der Waals surface area contributed by atoms with E-state index in [4.69, 9.17) is 0 Å². The van der Waals surface area contributed by atoms with Crippen LogP contribution in [0.15, 0.2) is 61.2 Å². The van der Waals surface area contributed by atoms with Crippen LogP contribution in [0, 0.1) is 5.41 Å². The van der Waals surface area contributed by atoms with Gasteiger partial charge < -0.3 is 9.80 Å². The topological polar surface area (TPSA) is 23.6 Å². The molecule has 0 radical (unpaired) electrons. The van der Waals surface area contributed by atoms with Gasteiger partial charge in [0.25, 0.3) is 0 Å². The van der Waals surface area contributed by atoms with Gasteiger partial charge in [-0.25, -0.2) is 0 Å². The van der Waals surface area contributed by atoms with Gasteiger partial charge in [0.1, 0.15) is 0 Å². The fourth-order valence-corrected chi connectivity index (χ4v) is 4.53. The fraction of sp³-hybridized carbons (Fsp3) is 0.348. The van der Waals surface area contributed by atoms with Gasteiger partial charge in [0.15, 0.2) is 0 Å². The van der Waals surface area contributed by atoms with E-state index in [-0.39, 0.29) is 11.3 Å². The predicted molar refractivity (Wildman–Crippen MR) is 107 cm³/mol. The van der Waals surface area contributed by atoms with E-state index in [0.29, 0.717) is 13.1 Å². The number of piperidine rings is 1. The summed E-state index contributed by atoms with van der Waals surface area (Å²) in [5.41, 5.74) is 2.35. The van der Waals surface area contributed by atoms with Crippen LogP contribution in [0.25, 0.3) is 0 Å². The van der Waals surface area contributed by atoms with Crippen LogP contribution in [0.1, 0.15) is 24.0 Å². The third-order valence-corrected chi connectivity index (χ3v) is 6.16. The Balaban J connectivity index is 1.64. The number of carbonyl (C=O) groups excluding carboxylic acids is 1. The summed E-state index contributed by atoms with van der Waals surface area (Å²) in [6, 6.07) is 13.5. The first-order valence-corrected chi connectivity index (χ1v) is 9.75. The van der Waals surface area contributed by atoms with Crippen LogP contribution in [0.5, 0.6) is 0 Å². The van der Waals surface area contributed by atoms with E-state index in [9.17, 15) is 18.0 Å². The molecule has 6 heteroatoms. The van der Waals surface area contributed by atoms with Crippen LogP contribution in [0.2, 0.25) is 0 Å². The van der Waals surface area contributed by atoms with E-state index in [0.717, 1.165) is 49.3 Å². The number of alkyl halides is 3. The quantitative estimate of drug-likeness (QED) is 0.648. The van der Waals surface area contributed by atoms with Gasteiger partial charge in [-0.15, -0.1) is 0 Å². The van der Waals surface area contributed by atoms with Gasteiger partial charge in [-0.2, -0.15) is 13.2 Å². The average Bonchev–Trinajstić information content (AvgIpc) is 2.72. The van der Waals surface area contributed by atoms with Crippen LogP contribution in [0.3, 0.4) is 0 Å². The molecule has 2 heterocycles. The molecule has 1 fully saturated rings. The van der Waals surface area contributed by atoms with Crippen molar-refractivity contribution in [3.63, 3.8) is 0 Å². The maximum atomic E-state index is 13.0. The highest BCUT2D eigenvalue weighted by Crippen LogP contribution is 2.46. The molecule has 4 rings (SSSR count). The number of hydrogen-bond donors (Lipinski definition) is 0. The molecule has 2 aliphatic heterocycles. The number of benzene rings is 2. The number of likely N-dealkylation sites (tertiary alicyclic amines) is 1. The van der Waals surface area contributed by atoms with E-state index in [1.54, 1.807) is 12.1 Å². The molecule has 0 atom stereocenters. The van der Waals surface area contributed by atoms with Crippen molar-refractivity contribution in [3.8, 4) is 0 Å². The van der Waals surface area contributed by atoms with Gasteiger partial charge in [0.2, 0.25) is 5.91 Å². The van der Waals surface area contributed by atoms with E-state index in [1.807, 2.05) is 23.1 Å². The van der Waals surface area contributed by atoms with Crippen molar-refractivity contribution in [1.82, 2.24) is 4.90 Å². The summed E-state index contributed by atoms with van der Waals surface area (Å²) >= 11 is 0. The van der Waals surface area contributed by atoms with E-state index >= 15 is 0 Å². The molecule has 1 amide bonds. The first kappa shape index (κ1) is 19.6. The zero-order valence-corrected chi connectivity index (χ0v) is 16.1. The Morgan fingerprint density at radius 2 is 1.69 bits per heavy atom. The van der Waals surface area contributed by atoms with Crippen molar-refractivity contribution < 1.29 is 18.0 Å². The molecule has 1 spiro atoms. The first-order chi connectivity index (χ1) is 13.8. The largest absolute Gasteiger partial charge is 0.416 e.